The van der Waals surface area contributed by atoms with Gasteiger partial charge >= 0.3 is 0 Å². The normalized spacial score (nSPS) is 14.6. The summed E-state index contributed by atoms with van der Waals surface area (Å²) in [5.74, 6) is 0.833. The van der Waals surface area contributed by atoms with Crippen molar-refractivity contribution in [3.63, 3.8) is 0 Å². The molecule has 1 amide bonds. The summed E-state index contributed by atoms with van der Waals surface area (Å²) >= 11 is 0. The number of halogens is 1. The molecule has 0 unspecified atom stereocenters. The molecule has 10 heteroatoms. The molecule has 1 fully saturated rings. The molecule has 2 N–H and O–H groups in total. The summed E-state index contributed by atoms with van der Waals surface area (Å²) in [5.41, 5.74) is 2.92. The van der Waals surface area contributed by atoms with E-state index in [1.807, 2.05) is 36.5 Å². The first-order valence-electron chi connectivity index (χ1n) is 11.1. The minimum Gasteiger partial charge on any atom is -0.340 e. The Labute approximate surface area is 199 Å². The van der Waals surface area contributed by atoms with Crippen molar-refractivity contribution in [3.05, 3.63) is 78.9 Å². The lowest BCUT2D eigenvalue weighted by Gasteiger charge is -2.42. The highest BCUT2D eigenvalue weighted by molar-refractivity contribution is 5.98. The first-order valence-corrected chi connectivity index (χ1v) is 11.1. The van der Waals surface area contributed by atoms with Crippen LogP contribution in [0.25, 0.3) is 28.0 Å². The van der Waals surface area contributed by atoms with Gasteiger partial charge in [-0.3, -0.25) is 9.89 Å². The molecule has 2 aromatic carbocycles. The lowest BCUT2D eigenvalue weighted by molar-refractivity contribution is -0.00784. The van der Waals surface area contributed by atoms with Crippen molar-refractivity contribution in [1.82, 2.24) is 34.8 Å². The van der Waals surface area contributed by atoms with Crippen LogP contribution in [-0.4, -0.2) is 59.5 Å². The van der Waals surface area contributed by atoms with Gasteiger partial charge < -0.3 is 10.2 Å². The summed E-state index contributed by atoms with van der Waals surface area (Å²) in [5, 5.41) is 15.3. The van der Waals surface area contributed by atoms with E-state index in [0.717, 1.165) is 27.7 Å². The lowest BCUT2D eigenvalue weighted by Crippen LogP contribution is -2.59. The fourth-order valence-electron chi connectivity index (χ4n) is 4.22. The maximum atomic E-state index is 13.8. The Bertz CT molecular complexity index is 1520. The van der Waals surface area contributed by atoms with Crippen LogP contribution in [0.3, 0.4) is 0 Å². The van der Waals surface area contributed by atoms with E-state index in [1.54, 1.807) is 41.5 Å². The SMILES string of the molecule is CC1(F)CN(C(=O)c2ccc3c(cnn3-c3nccc(Nc4ccc(-c5cn[nH]c5)cc4)n3)c2)C1. The second kappa shape index (κ2) is 8.01. The molecule has 3 aromatic heterocycles. The molecule has 1 aliphatic heterocycles. The molecule has 1 aliphatic rings. The molecule has 0 aliphatic carbocycles. The smallest absolute Gasteiger partial charge is 0.254 e. The summed E-state index contributed by atoms with van der Waals surface area (Å²) in [6.45, 7) is 1.73. The molecule has 0 bridgehead atoms. The van der Waals surface area contributed by atoms with E-state index in [-0.39, 0.29) is 19.0 Å². The highest BCUT2D eigenvalue weighted by atomic mass is 19.1. The van der Waals surface area contributed by atoms with Crippen LogP contribution in [0.4, 0.5) is 15.9 Å². The molecule has 35 heavy (non-hydrogen) atoms. The molecule has 174 valence electrons. The van der Waals surface area contributed by atoms with Gasteiger partial charge in [-0.2, -0.15) is 19.9 Å². The highest BCUT2D eigenvalue weighted by Crippen LogP contribution is 2.27. The Kier molecular flexibility index (Phi) is 4.80. The van der Waals surface area contributed by atoms with Gasteiger partial charge in [0, 0.05) is 34.6 Å². The molecule has 1 saturated heterocycles. The second-order valence-corrected chi connectivity index (χ2v) is 8.84. The molecule has 5 aromatic rings. The third kappa shape index (κ3) is 3.99. The Morgan fingerprint density at radius 2 is 1.91 bits per heavy atom. The van der Waals surface area contributed by atoms with Crippen LogP contribution in [0.15, 0.2) is 73.3 Å². The van der Waals surface area contributed by atoms with Gasteiger partial charge in [-0.1, -0.05) is 12.1 Å². The summed E-state index contributed by atoms with van der Waals surface area (Å²) < 4.78 is 15.4. The highest BCUT2D eigenvalue weighted by Gasteiger charge is 2.41. The number of amides is 1. The van der Waals surface area contributed by atoms with Crippen LogP contribution >= 0.6 is 0 Å². The number of fused-ring (bicyclic) bond motifs is 1. The number of hydrogen-bond acceptors (Lipinski definition) is 6. The van der Waals surface area contributed by atoms with E-state index in [9.17, 15) is 9.18 Å². The van der Waals surface area contributed by atoms with Gasteiger partial charge in [-0.05, 0) is 48.9 Å². The number of carbonyl (C=O) groups is 1. The number of benzene rings is 2. The van der Waals surface area contributed by atoms with Gasteiger partial charge in [-0.25, -0.2) is 9.37 Å². The molecule has 6 rings (SSSR count). The number of alkyl halides is 1. The van der Waals surface area contributed by atoms with E-state index in [1.165, 1.54) is 11.8 Å². The molecular weight excluding hydrogens is 447 g/mol. The van der Waals surface area contributed by atoms with Crippen LogP contribution in [0.5, 0.6) is 0 Å². The number of aromatic nitrogens is 6. The van der Waals surface area contributed by atoms with Gasteiger partial charge in [-0.15, -0.1) is 0 Å². The predicted octanol–water partition coefficient (Wildman–Crippen LogP) is 4.13. The molecule has 9 nitrogen and oxygen atoms in total. The van der Waals surface area contributed by atoms with E-state index >= 15 is 0 Å². The minimum absolute atomic E-state index is 0.114. The van der Waals surface area contributed by atoms with E-state index < -0.39 is 5.67 Å². The Morgan fingerprint density at radius 1 is 1.09 bits per heavy atom. The van der Waals surface area contributed by atoms with Gasteiger partial charge in [0.2, 0.25) is 0 Å². The number of aromatic amines is 1. The monoisotopic (exact) mass is 468 g/mol. The number of H-pyrrole nitrogens is 1. The number of anilines is 2. The first-order chi connectivity index (χ1) is 16.9. The average molecular weight is 468 g/mol. The third-order valence-electron chi connectivity index (χ3n) is 5.96. The fourth-order valence-corrected chi connectivity index (χ4v) is 4.22. The van der Waals surface area contributed by atoms with Gasteiger partial charge in [0.1, 0.15) is 11.5 Å². The third-order valence-corrected chi connectivity index (χ3v) is 5.96. The maximum absolute atomic E-state index is 13.8. The topological polar surface area (TPSA) is 105 Å². The Hall–Kier alpha value is -4.60. The molecule has 0 saturated carbocycles. The van der Waals surface area contributed by atoms with Crippen molar-refractivity contribution in [2.24, 2.45) is 0 Å². The number of rotatable bonds is 5. The van der Waals surface area contributed by atoms with E-state index in [2.05, 4.69) is 30.6 Å². The van der Waals surface area contributed by atoms with Crippen LogP contribution < -0.4 is 5.32 Å². The van der Waals surface area contributed by atoms with Crippen molar-refractivity contribution in [3.8, 4) is 17.1 Å². The Balaban J connectivity index is 1.22. The summed E-state index contributed by atoms with van der Waals surface area (Å²) in [6, 6.07) is 15.0. The molecular formula is C25H21FN8O. The quantitative estimate of drug-likeness (QED) is 0.402. The van der Waals surface area contributed by atoms with Crippen molar-refractivity contribution in [1.29, 1.82) is 0 Å². The van der Waals surface area contributed by atoms with Crippen LogP contribution in [0, 0.1) is 0 Å². The number of hydrogen-bond donors (Lipinski definition) is 2. The van der Waals surface area contributed by atoms with Crippen molar-refractivity contribution < 1.29 is 9.18 Å². The van der Waals surface area contributed by atoms with Gasteiger partial charge in [0.15, 0.2) is 0 Å². The predicted molar refractivity (Wildman–Crippen MR) is 129 cm³/mol. The summed E-state index contributed by atoms with van der Waals surface area (Å²) in [6.07, 6.45) is 6.95. The molecule has 4 heterocycles. The van der Waals surface area contributed by atoms with E-state index in [4.69, 9.17) is 0 Å². The second-order valence-electron chi connectivity index (χ2n) is 8.84. The van der Waals surface area contributed by atoms with Crippen LogP contribution in [0.2, 0.25) is 0 Å². The number of nitrogens with zero attached hydrogens (tertiary/aromatic N) is 6. The zero-order valence-corrected chi connectivity index (χ0v) is 18.8. The van der Waals surface area contributed by atoms with Gasteiger partial charge in [0.25, 0.3) is 11.9 Å². The number of likely N-dealkylation sites (tertiary alicyclic amines) is 1. The number of nitrogens with one attached hydrogen (secondary N) is 2. The zero-order chi connectivity index (χ0) is 24.0. The molecule has 0 spiro atoms. The standard InChI is InChI=1S/C25H21FN8O/c1-25(26)14-33(15-25)23(35)17-4-7-21-18(10-17)13-30-34(21)24-27-9-8-22(32-24)31-20-5-2-16(3-6-20)19-11-28-29-12-19/h2-13H,14-15H2,1H3,(H,28,29)(H,27,31,32). The van der Waals surface area contributed by atoms with Crippen molar-refractivity contribution in [2.45, 2.75) is 12.6 Å². The van der Waals surface area contributed by atoms with Crippen molar-refractivity contribution in [2.75, 3.05) is 18.4 Å². The lowest BCUT2D eigenvalue weighted by atomic mass is 9.97. The van der Waals surface area contributed by atoms with Crippen molar-refractivity contribution >= 4 is 28.3 Å². The first kappa shape index (κ1) is 21.0. The zero-order valence-electron chi connectivity index (χ0n) is 18.8. The number of carbonyl (C=O) groups excluding carboxylic acids is 1. The average Bonchev–Trinajstić information content (AvgIpc) is 3.53. The van der Waals surface area contributed by atoms with Crippen LogP contribution in [0.1, 0.15) is 17.3 Å². The molecule has 0 atom stereocenters. The molecule has 0 radical (unpaired) electrons. The summed E-state index contributed by atoms with van der Waals surface area (Å²) in [7, 11) is 0. The van der Waals surface area contributed by atoms with Gasteiger partial charge in [0.05, 0.1) is 31.0 Å². The minimum atomic E-state index is -1.30. The fraction of sp³-hybridized carbons (Fsp3) is 0.160. The summed E-state index contributed by atoms with van der Waals surface area (Å²) in [4.78, 5) is 23.1. The van der Waals surface area contributed by atoms with Crippen LogP contribution in [-0.2, 0) is 0 Å². The Morgan fingerprint density at radius 3 is 2.66 bits per heavy atom. The maximum Gasteiger partial charge on any atom is 0.254 e. The van der Waals surface area contributed by atoms with E-state index in [0.29, 0.717) is 17.3 Å². The largest absolute Gasteiger partial charge is 0.340 e.